The molecule has 1 atom stereocenters. The number of hydrogen-bond donors (Lipinski definition) is 2. The predicted octanol–water partition coefficient (Wildman–Crippen LogP) is 3.13. The van der Waals surface area contributed by atoms with Gasteiger partial charge in [0.2, 0.25) is 0 Å². The van der Waals surface area contributed by atoms with Gasteiger partial charge in [-0.2, -0.15) is 0 Å². The largest absolute Gasteiger partial charge is 0.481 e. The van der Waals surface area contributed by atoms with Gasteiger partial charge >= 0.3 is 5.97 Å². The van der Waals surface area contributed by atoms with Crippen molar-refractivity contribution in [1.29, 1.82) is 0 Å². The lowest BCUT2D eigenvalue weighted by atomic mass is 9.86. The third-order valence-electron chi connectivity index (χ3n) is 5.13. The van der Waals surface area contributed by atoms with Gasteiger partial charge in [0.15, 0.2) is 0 Å². The topological polar surface area (TPSA) is 75.6 Å². The van der Waals surface area contributed by atoms with Gasteiger partial charge < -0.3 is 15.2 Å². The zero-order valence-electron chi connectivity index (χ0n) is 15.3. The molecule has 2 aromatic carbocycles. The first-order valence-electron chi connectivity index (χ1n) is 9.35. The second kappa shape index (κ2) is 9.33. The van der Waals surface area contributed by atoms with Crippen LogP contribution in [0.4, 0.5) is 0 Å². The van der Waals surface area contributed by atoms with Crippen LogP contribution in [-0.2, 0) is 16.0 Å². The smallest absolute Gasteiger partial charge is 0.308 e. The van der Waals surface area contributed by atoms with Crippen molar-refractivity contribution in [2.75, 3.05) is 19.8 Å². The van der Waals surface area contributed by atoms with E-state index in [1.54, 1.807) is 6.07 Å². The summed E-state index contributed by atoms with van der Waals surface area (Å²) in [5.41, 5.74) is 2.65. The molecule has 0 spiro atoms. The summed E-state index contributed by atoms with van der Waals surface area (Å²) >= 11 is 0. The quantitative estimate of drug-likeness (QED) is 0.788. The molecule has 1 saturated heterocycles. The van der Waals surface area contributed by atoms with E-state index in [1.165, 1.54) is 0 Å². The SMILES string of the molecule is O=C(NCC(C(=O)O)C1CCOCC1)c1ccccc1Cc1ccccc1. The summed E-state index contributed by atoms with van der Waals surface area (Å²) in [6.07, 6.45) is 2.10. The van der Waals surface area contributed by atoms with Gasteiger partial charge in [0.1, 0.15) is 0 Å². The molecule has 1 amide bonds. The maximum absolute atomic E-state index is 12.7. The number of carboxylic acid groups (broad SMARTS) is 1. The van der Waals surface area contributed by atoms with Crippen molar-refractivity contribution in [2.45, 2.75) is 19.3 Å². The van der Waals surface area contributed by atoms with E-state index in [4.69, 9.17) is 4.74 Å². The molecular formula is C22H25NO4. The van der Waals surface area contributed by atoms with Gasteiger partial charge in [-0.25, -0.2) is 0 Å². The molecule has 0 radical (unpaired) electrons. The molecular weight excluding hydrogens is 342 g/mol. The number of aliphatic carboxylic acids is 1. The Balaban J connectivity index is 1.67. The molecule has 1 heterocycles. The van der Waals surface area contributed by atoms with Crippen LogP contribution in [0.1, 0.15) is 34.3 Å². The molecule has 5 heteroatoms. The molecule has 142 valence electrons. The average molecular weight is 367 g/mol. The number of benzene rings is 2. The summed E-state index contributed by atoms with van der Waals surface area (Å²) in [4.78, 5) is 24.4. The zero-order chi connectivity index (χ0) is 19.1. The Labute approximate surface area is 159 Å². The predicted molar refractivity (Wildman–Crippen MR) is 103 cm³/mol. The van der Waals surface area contributed by atoms with Gasteiger partial charge in [-0.3, -0.25) is 9.59 Å². The maximum Gasteiger partial charge on any atom is 0.308 e. The molecule has 0 saturated carbocycles. The molecule has 1 fully saturated rings. The number of carbonyl (C=O) groups is 2. The van der Waals surface area contributed by atoms with Gasteiger partial charge in [0.05, 0.1) is 5.92 Å². The number of rotatable bonds is 7. The van der Waals surface area contributed by atoms with E-state index >= 15 is 0 Å². The van der Waals surface area contributed by atoms with Gasteiger partial charge in [-0.15, -0.1) is 0 Å². The molecule has 3 rings (SSSR count). The van der Waals surface area contributed by atoms with Crippen molar-refractivity contribution in [3.8, 4) is 0 Å². The van der Waals surface area contributed by atoms with E-state index < -0.39 is 11.9 Å². The Hall–Kier alpha value is -2.66. The molecule has 2 N–H and O–H groups in total. The highest BCUT2D eigenvalue weighted by atomic mass is 16.5. The van der Waals surface area contributed by atoms with Crippen molar-refractivity contribution in [1.82, 2.24) is 5.32 Å². The maximum atomic E-state index is 12.7. The number of carboxylic acids is 1. The molecule has 0 bridgehead atoms. The minimum absolute atomic E-state index is 0.0381. The molecule has 1 aliphatic rings. The molecule has 1 unspecified atom stereocenters. The van der Waals surface area contributed by atoms with Crippen molar-refractivity contribution < 1.29 is 19.4 Å². The molecule has 1 aliphatic heterocycles. The zero-order valence-corrected chi connectivity index (χ0v) is 15.3. The van der Waals surface area contributed by atoms with Crippen molar-refractivity contribution >= 4 is 11.9 Å². The summed E-state index contributed by atoms with van der Waals surface area (Å²) in [6.45, 7) is 1.31. The number of ether oxygens (including phenoxy) is 1. The summed E-state index contributed by atoms with van der Waals surface area (Å²) < 4.78 is 5.32. The van der Waals surface area contributed by atoms with Crippen LogP contribution in [0.15, 0.2) is 54.6 Å². The molecule has 2 aromatic rings. The van der Waals surface area contributed by atoms with Gasteiger partial charge in [0, 0.05) is 25.3 Å². The number of hydrogen-bond acceptors (Lipinski definition) is 3. The lowest BCUT2D eigenvalue weighted by molar-refractivity contribution is -0.144. The Bertz CT molecular complexity index is 769. The van der Waals surface area contributed by atoms with Crippen LogP contribution in [0.2, 0.25) is 0 Å². The van der Waals surface area contributed by atoms with Crippen LogP contribution >= 0.6 is 0 Å². The number of carbonyl (C=O) groups excluding carboxylic acids is 1. The summed E-state index contributed by atoms with van der Waals surface area (Å²) in [7, 11) is 0. The summed E-state index contributed by atoms with van der Waals surface area (Å²) in [5.74, 6) is -1.63. The van der Waals surface area contributed by atoms with E-state index in [9.17, 15) is 14.7 Å². The third kappa shape index (κ3) is 5.17. The minimum atomic E-state index is -0.861. The lowest BCUT2D eigenvalue weighted by Gasteiger charge is -2.27. The Morgan fingerprint density at radius 1 is 1.04 bits per heavy atom. The fourth-order valence-corrected chi connectivity index (χ4v) is 3.58. The normalized spacial score (nSPS) is 15.9. The van der Waals surface area contributed by atoms with Crippen LogP contribution in [0.25, 0.3) is 0 Å². The van der Waals surface area contributed by atoms with Crippen LogP contribution in [0, 0.1) is 11.8 Å². The first-order valence-corrected chi connectivity index (χ1v) is 9.35. The molecule has 0 aliphatic carbocycles. The minimum Gasteiger partial charge on any atom is -0.481 e. The van der Waals surface area contributed by atoms with Crippen LogP contribution in [0.5, 0.6) is 0 Å². The second-order valence-corrected chi connectivity index (χ2v) is 6.92. The van der Waals surface area contributed by atoms with Crippen molar-refractivity contribution in [3.05, 3.63) is 71.3 Å². The van der Waals surface area contributed by atoms with Gasteiger partial charge in [-0.1, -0.05) is 48.5 Å². The highest BCUT2D eigenvalue weighted by Crippen LogP contribution is 2.24. The monoisotopic (exact) mass is 367 g/mol. The van der Waals surface area contributed by atoms with Crippen LogP contribution in [0.3, 0.4) is 0 Å². The standard InChI is InChI=1S/C22H25NO4/c24-21(23-15-20(22(25)26)17-10-12-27-13-11-17)19-9-5-4-8-18(19)14-16-6-2-1-3-7-16/h1-9,17,20H,10-15H2,(H,23,24)(H,25,26). The van der Waals surface area contributed by atoms with Crippen molar-refractivity contribution in [3.63, 3.8) is 0 Å². The van der Waals surface area contributed by atoms with E-state index in [2.05, 4.69) is 5.32 Å². The highest BCUT2D eigenvalue weighted by Gasteiger charge is 2.30. The first kappa shape index (κ1) is 19.1. The van der Waals surface area contributed by atoms with Crippen LogP contribution in [-0.4, -0.2) is 36.7 Å². The summed E-state index contributed by atoms with van der Waals surface area (Å²) in [5, 5.41) is 12.4. The fraction of sp³-hybridized carbons (Fsp3) is 0.364. The Kier molecular flexibility index (Phi) is 6.60. The second-order valence-electron chi connectivity index (χ2n) is 6.92. The number of nitrogens with one attached hydrogen (secondary N) is 1. The van der Waals surface area contributed by atoms with Crippen molar-refractivity contribution in [2.24, 2.45) is 11.8 Å². The first-order chi connectivity index (χ1) is 13.1. The average Bonchev–Trinajstić information content (AvgIpc) is 2.70. The highest BCUT2D eigenvalue weighted by molar-refractivity contribution is 5.96. The van der Waals surface area contributed by atoms with Gasteiger partial charge in [-0.05, 0) is 42.4 Å². The fourth-order valence-electron chi connectivity index (χ4n) is 3.58. The Morgan fingerprint density at radius 2 is 1.70 bits per heavy atom. The van der Waals surface area contributed by atoms with E-state index in [0.717, 1.165) is 24.0 Å². The van der Waals surface area contributed by atoms with E-state index in [0.29, 0.717) is 25.2 Å². The molecule has 0 aromatic heterocycles. The van der Waals surface area contributed by atoms with Crippen LogP contribution < -0.4 is 5.32 Å². The van der Waals surface area contributed by atoms with E-state index in [-0.39, 0.29) is 18.4 Å². The third-order valence-corrected chi connectivity index (χ3v) is 5.13. The molecule has 27 heavy (non-hydrogen) atoms. The Morgan fingerprint density at radius 3 is 2.41 bits per heavy atom. The van der Waals surface area contributed by atoms with Gasteiger partial charge in [0.25, 0.3) is 5.91 Å². The number of amides is 1. The molecule has 5 nitrogen and oxygen atoms in total. The summed E-state index contributed by atoms with van der Waals surface area (Å²) in [6, 6.07) is 17.4. The van der Waals surface area contributed by atoms with E-state index in [1.807, 2.05) is 48.5 Å². The lowest BCUT2D eigenvalue weighted by Crippen LogP contribution is -2.39.